The van der Waals surface area contributed by atoms with Gasteiger partial charge in [-0.2, -0.15) is 10.2 Å². The fourth-order valence-electron chi connectivity index (χ4n) is 3.16. The molecule has 148 valence electrons. The summed E-state index contributed by atoms with van der Waals surface area (Å²) in [4.78, 5) is 12.9. The van der Waals surface area contributed by atoms with Gasteiger partial charge in [0.1, 0.15) is 23.7 Å². The molecule has 0 saturated heterocycles. The van der Waals surface area contributed by atoms with Crippen molar-refractivity contribution < 1.29 is 4.42 Å². The zero-order valence-corrected chi connectivity index (χ0v) is 16.4. The second-order valence-corrected chi connectivity index (χ2v) is 6.77. The van der Waals surface area contributed by atoms with Gasteiger partial charge in [-0.1, -0.05) is 0 Å². The van der Waals surface area contributed by atoms with Crippen LogP contribution in [-0.2, 0) is 7.05 Å². The molecule has 0 aliphatic heterocycles. The van der Waals surface area contributed by atoms with E-state index in [9.17, 15) is 0 Å². The summed E-state index contributed by atoms with van der Waals surface area (Å²) in [6.45, 7) is 1.86. The minimum absolute atomic E-state index is 0.672. The molecule has 0 unspecified atom stereocenters. The Hall–Kier alpha value is -4.27. The van der Waals surface area contributed by atoms with Crippen molar-refractivity contribution in [1.29, 1.82) is 0 Å². The lowest BCUT2D eigenvalue weighted by molar-refractivity contribution is 0.572. The van der Waals surface area contributed by atoms with Crippen molar-refractivity contribution in [3.05, 3.63) is 73.5 Å². The maximum Gasteiger partial charge on any atom is 0.182 e. The molecule has 0 amide bonds. The molecule has 9 heteroatoms. The van der Waals surface area contributed by atoms with Gasteiger partial charge in [0, 0.05) is 36.3 Å². The van der Waals surface area contributed by atoms with E-state index in [0.29, 0.717) is 11.6 Å². The highest BCUT2D eigenvalue weighted by atomic mass is 16.3. The minimum Gasteiger partial charge on any atom is -0.443 e. The Balaban J connectivity index is 1.39. The molecule has 0 saturated carbocycles. The molecule has 4 aromatic heterocycles. The van der Waals surface area contributed by atoms with Gasteiger partial charge in [0.2, 0.25) is 0 Å². The van der Waals surface area contributed by atoms with E-state index in [1.807, 2.05) is 56.6 Å². The van der Waals surface area contributed by atoms with E-state index in [-0.39, 0.29) is 0 Å². The summed E-state index contributed by atoms with van der Waals surface area (Å²) in [7, 11) is 1.87. The second kappa shape index (κ2) is 7.28. The first kappa shape index (κ1) is 17.8. The Morgan fingerprint density at radius 1 is 1.00 bits per heavy atom. The summed E-state index contributed by atoms with van der Waals surface area (Å²) in [6, 6.07) is 11.7. The lowest BCUT2D eigenvalue weighted by atomic mass is 10.1. The van der Waals surface area contributed by atoms with Crippen LogP contribution in [0.4, 0.5) is 11.5 Å². The Kier molecular flexibility index (Phi) is 4.32. The number of rotatable bonds is 5. The van der Waals surface area contributed by atoms with Crippen LogP contribution in [0.15, 0.2) is 72.1 Å². The topological polar surface area (TPSA) is 99.5 Å². The molecule has 5 aromatic rings. The van der Waals surface area contributed by atoms with E-state index in [4.69, 9.17) is 4.42 Å². The first-order valence-corrected chi connectivity index (χ1v) is 9.30. The van der Waals surface area contributed by atoms with Gasteiger partial charge >= 0.3 is 0 Å². The third-order valence-electron chi connectivity index (χ3n) is 4.58. The minimum atomic E-state index is 0.672. The van der Waals surface area contributed by atoms with Gasteiger partial charge in [0.15, 0.2) is 12.2 Å². The van der Waals surface area contributed by atoms with Gasteiger partial charge in [0.05, 0.1) is 11.9 Å². The SMILES string of the molecule is Cc1ncn(-c2ccc(Nc3cc(-c4ocnc4-c4cnn(C)c4)ccn3)cc2)n1. The molecule has 0 spiro atoms. The number of oxazole rings is 1. The van der Waals surface area contributed by atoms with Crippen LogP contribution in [-0.4, -0.2) is 34.5 Å². The van der Waals surface area contributed by atoms with Crippen molar-refractivity contribution in [3.8, 4) is 28.3 Å². The third kappa shape index (κ3) is 3.44. The maximum absolute atomic E-state index is 5.67. The fraction of sp³-hybridized carbons (Fsp3) is 0.0952. The van der Waals surface area contributed by atoms with Crippen LogP contribution in [0.25, 0.3) is 28.3 Å². The van der Waals surface area contributed by atoms with E-state index in [2.05, 4.69) is 30.5 Å². The molecule has 0 radical (unpaired) electrons. The highest BCUT2D eigenvalue weighted by Crippen LogP contribution is 2.32. The van der Waals surface area contributed by atoms with Crippen LogP contribution < -0.4 is 5.32 Å². The number of anilines is 2. The molecule has 0 bridgehead atoms. The van der Waals surface area contributed by atoms with Crippen LogP contribution in [0, 0.1) is 6.92 Å². The van der Waals surface area contributed by atoms with Crippen molar-refractivity contribution in [2.45, 2.75) is 6.92 Å². The number of benzene rings is 1. The van der Waals surface area contributed by atoms with E-state index < -0.39 is 0 Å². The molecule has 0 atom stereocenters. The van der Waals surface area contributed by atoms with Crippen LogP contribution in [0.5, 0.6) is 0 Å². The summed E-state index contributed by atoms with van der Waals surface area (Å²) in [5, 5.41) is 11.8. The van der Waals surface area contributed by atoms with Crippen molar-refractivity contribution in [3.63, 3.8) is 0 Å². The van der Waals surface area contributed by atoms with Gasteiger partial charge in [-0.05, 0) is 43.3 Å². The molecular weight excluding hydrogens is 380 g/mol. The quantitative estimate of drug-likeness (QED) is 0.481. The molecule has 1 N–H and O–H groups in total. The average Bonchev–Trinajstić information content (AvgIpc) is 3.49. The Morgan fingerprint density at radius 3 is 2.60 bits per heavy atom. The van der Waals surface area contributed by atoms with Gasteiger partial charge in [-0.15, -0.1) is 0 Å². The molecule has 0 aliphatic rings. The van der Waals surface area contributed by atoms with Crippen molar-refractivity contribution in [2.75, 3.05) is 5.32 Å². The number of aromatic nitrogens is 7. The molecule has 9 nitrogen and oxygen atoms in total. The predicted molar refractivity (Wildman–Crippen MR) is 111 cm³/mol. The number of aryl methyl sites for hydroxylation is 2. The van der Waals surface area contributed by atoms with Gasteiger partial charge in [0.25, 0.3) is 0 Å². The smallest absolute Gasteiger partial charge is 0.182 e. The van der Waals surface area contributed by atoms with E-state index in [1.165, 1.54) is 6.39 Å². The van der Waals surface area contributed by atoms with E-state index in [1.54, 1.807) is 28.1 Å². The summed E-state index contributed by atoms with van der Waals surface area (Å²) in [5.74, 6) is 2.10. The zero-order chi connectivity index (χ0) is 20.5. The molecule has 5 rings (SSSR count). The number of hydrogen-bond acceptors (Lipinski definition) is 7. The molecule has 1 aromatic carbocycles. The van der Waals surface area contributed by atoms with Crippen molar-refractivity contribution in [1.82, 2.24) is 34.5 Å². The monoisotopic (exact) mass is 398 g/mol. The van der Waals surface area contributed by atoms with Crippen LogP contribution in [0.1, 0.15) is 5.82 Å². The number of nitrogens with zero attached hydrogens (tertiary/aromatic N) is 7. The average molecular weight is 398 g/mol. The summed E-state index contributed by atoms with van der Waals surface area (Å²) in [5.41, 5.74) is 4.36. The van der Waals surface area contributed by atoms with Crippen LogP contribution in [0.2, 0.25) is 0 Å². The molecule has 0 aliphatic carbocycles. The zero-order valence-electron chi connectivity index (χ0n) is 16.4. The summed E-state index contributed by atoms with van der Waals surface area (Å²) >= 11 is 0. The number of nitrogens with one attached hydrogen (secondary N) is 1. The standard InChI is InChI=1S/C21H18N8O/c1-14-23-12-29(27-14)18-5-3-17(4-6-18)26-19-9-15(7-8-22-19)21-20(24-13-30-21)16-10-25-28(2)11-16/h3-13H,1-2H3,(H,22,26). The highest BCUT2D eigenvalue weighted by molar-refractivity contribution is 5.77. The first-order valence-electron chi connectivity index (χ1n) is 9.30. The molecule has 0 fully saturated rings. The van der Waals surface area contributed by atoms with Gasteiger partial charge in [-0.25, -0.2) is 19.6 Å². The Bertz CT molecular complexity index is 1300. The van der Waals surface area contributed by atoms with E-state index >= 15 is 0 Å². The molecular formula is C21H18N8O. The molecule has 4 heterocycles. The lowest BCUT2D eigenvalue weighted by Crippen LogP contribution is -1.97. The van der Waals surface area contributed by atoms with Crippen molar-refractivity contribution in [2.24, 2.45) is 7.05 Å². The highest BCUT2D eigenvalue weighted by Gasteiger charge is 2.15. The normalized spacial score (nSPS) is 11.0. The Morgan fingerprint density at radius 2 is 1.87 bits per heavy atom. The second-order valence-electron chi connectivity index (χ2n) is 6.77. The first-order chi connectivity index (χ1) is 14.7. The lowest BCUT2D eigenvalue weighted by Gasteiger charge is -2.08. The van der Waals surface area contributed by atoms with Gasteiger partial charge < -0.3 is 9.73 Å². The Labute approximate surface area is 172 Å². The molecule has 30 heavy (non-hydrogen) atoms. The number of pyridine rings is 1. The third-order valence-corrected chi connectivity index (χ3v) is 4.58. The maximum atomic E-state index is 5.67. The number of hydrogen-bond donors (Lipinski definition) is 1. The predicted octanol–water partition coefficient (Wildman–Crippen LogP) is 3.77. The van der Waals surface area contributed by atoms with Crippen LogP contribution >= 0.6 is 0 Å². The van der Waals surface area contributed by atoms with Gasteiger partial charge in [-0.3, -0.25) is 4.68 Å². The fourth-order valence-corrected chi connectivity index (χ4v) is 3.16. The largest absolute Gasteiger partial charge is 0.443 e. The van der Waals surface area contributed by atoms with Crippen molar-refractivity contribution >= 4 is 11.5 Å². The summed E-state index contributed by atoms with van der Waals surface area (Å²) < 4.78 is 9.14. The summed E-state index contributed by atoms with van der Waals surface area (Å²) in [6.07, 6.45) is 8.54. The van der Waals surface area contributed by atoms with E-state index in [0.717, 1.165) is 34.0 Å². The van der Waals surface area contributed by atoms with Crippen LogP contribution in [0.3, 0.4) is 0 Å².